The van der Waals surface area contributed by atoms with Crippen LogP contribution in [0.2, 0.25) is 0 Å². The molecule has 0 aliphatic carbocycles. The van der Waals surface area contributed by atoms with Gasteiger partial charge in [-0.15, -0.1) is 0 Å². The summed E-state index contributed by atoms with van der Waals surface area (Å²) in [5, 5.41) is 13.6. The summed E-state index contributed by atoms with van der Waals surface area (Å²) in [6.07, 6.45) is 2.38. The first-order valence-electron chi connectivity index (χ1n) is 8.41. The van der Waals surface area contributed by atoms with Crippen molar-refractivity contribution >= 4 is 5.69 Å². The van der Waals surface area contributed by atoms with Crippen LogP contribution in [0.5, 0.6) is 5.75 Å². The van der Waals surface area contributed by atoms with Gasteiger partial charge in [0.2, 0.25) is 0 Å². The van der Waals surface area contributed by atoms with Gasteiger partial charge in [0.1, 0.15) is 5.75 Å². The zero-order chi connectivity index (χ0) is 16.0. The van der Waals surface area contributed by atoms with E-state index < -0.39 is 0 Å². The highest BCUT2D eigenvalue weighted by atomic mass is 16.5. The van der Waals surface area contributed by atoms with Crippen molar-refractivity contribution in [2.75, 3.05) is 11.9 Å². The van der Waals surface area contributed by atoms with Gasteiger partial charge in [-0.25, -0.2) is 0 Å². The fourth-order valence-corrected chi connectivity index (χ4v) is 4.20. The Balaban J connectivity index is 1.83. The fraction of sp³-hybridized carbons (Fsp3) is 0.400. The zero-order valence-corrected chi connectivity index (χ0v) is 13.7. The molecule has 3 nitrogen and oxygen atoms in total. The molecule has 0 saturated carbocycles. The summed E-state index contributed by atoms with van der Waals surface area (Å²) in [4.78, 5) is 0. The molecule has 1 unspecified atom stereocenters. The summed E-state index contributed by atoms with van der Waals surface area (Å²) in [5.41, 5.74) is 6.18. The van der Waals surface area contributed by atoms with Gasteiger partial charge in [0.05, 0.1) is 12.1 Å². The maximum atomic E-state index is 9.87. The average molecular weight is 309 g/mol. The van der Waals surface area contributed by atoms with E-state index in [-0.39, 0.29) is 12.1 Å². The number of anilines is 1. The van der Waals surface area contributed by atoms with Crippen molar-refractivity contribution in [3.63, 3.8) is 0 Å². The van der Waals surface area contributed by atoms with Gasteiger partial charge in [-0.05, 0) is 49.9 Å². The predicted octanol–water partition coefficient (Wildman–Crippen LogP) is 4.64. The molecule has 4 rings (SSSR count). The minimum atomic E-state index is 0.144. The van der Waals surface area contributed by atoms with Crippen LogP contribution in [-0.4, -0.2) is 11.7 Å². The number of ether oxygens (including phenoxy) is 1. The van der Waals surface area contributed by atoms with Gasteiger partial charge in [0.25, 0.3) is 0 Å². The molecule has 2 aliphatic rings. The lowest BCUT2D eigenvalue weighted by molar-refractivity contribution is -0.0382. The summed E-state index contributed by atoms with van der Waals surface area (Å²) in [5.74, 6) is 0.725. The fourth-order valence-electron chi connectivity index (χ4n) is 4.20. The van der Waals surface area contributed by atoms with Crippen LogP contribution in [0.15, 0.2) is 36.4 Å². The Kier molecular flexibility index (Phi) is 3.53. The molecule has 2 heterocycles. The maximum Gasteiger partial charge on any atom is 0.115 e. The highest BCUT2D eigenvalue weighted by Gasteiger charge is 2.40. The SMILES string of the molecule is Cc1cc(C)c2c(c1)[C@H]1OCCC[C@H]1C(c1cccc(O)c1)N2. The number of hydrogen-bond acceptors (Lipinski definition) is 3. The third kappa shape index (κ3) is 2.49. The van der Waals surface area contributed by atoms with E-state index in [1.54, 1.807) is 6.07 Å². The zero-order valence-electron chi connectivity index (χ0n) is 13.7. The molecule has 2 aliphatic heterocycles. The van der Waals surface area contributed by atoms with Gasteiger partial charge in [-0.3, -0.25) is 0 Å². The summed E-state index contributed by atoms with van der Waals surface area (Å²) >= 11 is 0. The minimum Gasteiger partial charge on any atom is -0.508 e. The second-order valence-electron chi connectivity index (χ2n) is 6.86. The number of aryl methyl sites for hydroxylation is 2. The molecule has 23 heavy (non-hydrogen) atoms. The maximum absolute atomic E-state index is 9.87. The van der Waals surface area contributed by atoms with Crippen LogP contribution in [0.1, 0.15) is 47.2 Å². The Morgan fingerprint density at radius 2 is 2.04 bits per heavy atom. The smallest absolute Gasteiger partial charge is 0.115 e. The molecule has 3 heteroatoms. The Morgan fingerprint density at radius 1 is 1.17 bits per heavy atom. The Hall–Kier alpha value is -2.00. The number of fused-ring (bicyclic) bond motifs is 3. The lowest BCUT2D eigenvalue weighted by Gasteiger charge is -2.44. The van der Waals surface area contributed by atoms with Crippen LogP contribution < -0.4 is 5.32 Å². The molecule has 0 aromatic heterocycles. The molecule has 0 bridgehead atoms. The molecule has 1 saturated heterocycles. The summed E-state index contributed by atoms with van der Waals surface area (Å²) in [7, 11) is 0. The first-order chi connectivity index (χ1) is 11.1. The van der Waals surface area contributed by atoms with Crippen LogP contribution in [0.4, 0.5) is 5.69 Å². The van der Waals surface area contributed by atoms with Crippen molar-refractivity contribution in [1.82, 2.24) is 0 Å². The van der Waals surface area contributed by atoms with E-state index >= 15 is 0 Å². The van der Waals surface area contributed by atoms with E-state index in [4.69, 9.17) is 4.74 Å². The second-order valence-corrected chi connectivity index (χ2v) is 6.86. The molecule has 0 amide bonds. The largest absolute Gasteiger partial charge is 0.508 e. The lowest BCUT2D eigenvalue weighted by Crippen LogP contribution is -2.36. The molecule has 2 N–H and O–H groups in total. The van der Waals surface area contributed by atoms with Crippen LogP contribution >= 0.6 is 0 Å². The van der Waals surface area contributed by atoms with E-state index in [9.17, 15) is 5.11 Å². The number of benzene rings is 2. The molecule has 0 radical (unpaired) electrons. The van der Waals surface area contributed by atoms with Crippen molar-refractivity contribution in [2.45, 2.75) is 38.8 Å². The first-order valence-corrected chi connectivity index (χ1v) is 8.41. The highest BCUT2D eigenvalue weighted by Crippen LogP contribution is 2.50. The Labute approximate surface area is 137 Å². The van der Waals surface area contributed by atoms with Crippen LogP contribution in [0, 0.1) is 19.8 Å². The van der Waals surface area contributed by atoms with E-state index in [1.165, 1.54) is 22.4 Å². The van der Waals surface area contributed by atoms with Gasteiger partial charge in [0, 0.05) is 23.8 Å². The number of rotatable bonds is 1. The van der Waals surface area contributed by atoms with Crippen molar-refractivity contribution < 1.29 is 9.84 Å². The molecule has 2 aromatic rings. The lowest BCUT2D eigenvalue weighted by atomic mass is 9.76. The van der Waals surface area contributed by atoms with Crippen molar-refractivity contribution in [2.24, 2.45) is 5.92 Å². The normalized spacial score (nSPS) is 26.1. The van der Waals surface area contributed by atoms with Gasteiger partial charge >= 0.3 is 0 Å². The standard InChI is InChI=1S/C20H23NO2/c1-12-9-13(2)18-17(10-12)20-16(7-4-8-23-20)19(21-18)14-5-3-6-15(22)11-14/h3,5-6,9-11,16,19-22H,4,7-8H2,1-2H3/t16-,19?,20-/m0/s1. The average Bonchev–Trinajstić information content (AvgIpc) is 2.54. The van der Waals surface area contributed by atoms with Gasteiger partial charge in [0.15, 0.2) is 0 Å². The van der Waals surface area contributed by atoms with Crippen molar-refractivity contribution in [1.29, 1.82) is 0 Å². The second kappa shape index (κ2) is 5.57. The molecule has 0 spiro atoms. The third-order valence-corrected chi connectivity index (χ3v) is 5.14. The summed E-state index contributed by atoms with van der Waals surface area (Å²) in [6, 6.07) is 12.3. The summed E-state index contributed by atoms with van der Waals surface area (Å²) in [6.45, 7) is 5.13. The number of nitrogens with one attached hydrogen (secondary N) is 1. The number of phenols is 1. The Bertz CT molecular complexity index is 740. The van der Waals surface area contributed by atoms with Crippen molar-refractivity contribution in [3.8, 4) is 5.75 Å². The van der Waals surface area contributed by atoms with Gasteiger partial charge in [-0.1, -0.05) is 29.8 Å². The molecule has 1 fully saturated rings. The quantitative estimate of drug-likeness (QED) is 0.806. The topological polar surface area (TPSA) is 41.5 Å². The monoisotopic (exact) mass is 309 g/mol. The van der Waals surface area contributed by atoms with E-state index in [1.807, 2.05) is 12.1 Å². The van der Waals surface area contributed by atoms with Gasteiger partial charge < -0.3 is 15.2 Å². The van der Waals surface area contributed by atoms with E-state index in [2.05, 4.69) is 37.4 Å². The predicted molar refractivity (Wildman–Crippen MR) is 91.8 cm³/mol. The van der Waals surface area contributed by atoms with E-state index in [0.29, 0.717) is 11.7 Å². The highest BCUT2D eigenvalue weighted by molar-refractivity contribution is 5.63. The van der Waals surface area contributed by atoms with Crippen molar-refractivity contribution in [3.05, 3.63) is 58.7 Å². The van der Waals surface area contributed by atoms with Crippen LogP contribution in [0.3, 0.4) is 0 Å². The summed E-state index contributed by atoms with van der Waals surface area (Å²) < 4.78 is 6.20. The molecular weight excluding hydrogens is 286 g/mol. The molecule has 2 aromatic carbocycles. The van der Waals surface area contributed by atoms with E-state index in [0.717, 1.165) is 25.0 Å². The van der Waals surface area contributed by atoms with Crippen LogP contribution in [-0.2, 0) is 4.74 Å². The first kappa shape index (κ1) is 14.6. The third-order valence-electron chi connectivity index (χ3n) is 5.14. The number of aromatic hydroxyl groups is 1. The molecule has 3 atom stereocenters. The number of hydrogen-bond donors (Lipinski definition) is 2. The molecular formula is C20H23NO2. The number of phenolic OH excluding ortho intramolecular Hbond substituents is 1. The van der Waals surface area contributed by atoms with Crippen LogP contribution in [0.25, 0.3) is 0 Å². The Morgan fingerprint density at radius 3 is 2.87 bits per heavy atom. The van der Waals surface area contributed by atoms with Gasteiger partial charge in [-0.2, -0.15) is 0 Å². The minimum absolute atomic E-state index is 0.144. The molecule has 120 valence electrons.